The van der Waals surface area contributed by atoms with Crippen molar-refractivity contribution in [3.8, 4) is 6.07 Å². The summed E-state index contributed by atoms with van der Waals surface area (Å²) < 4.78 is 5.13. The second kappa shape index (κ2) is 5.33. The Hall–Kier alpha value is -0.590. The van der Waals surface area contributed by atoms with Crippen LogP contribution in [0.25, 0.3) is 0 Å². The Bertz CT molecular complexity index is 204. The average Bonchev–Trinajstić information content (AvgIpc) is 2.46. The highest BCUT2D eigenvalue weighted by atomic mass is 16.5. The normalized spacial score (nSPS) is 23.5. The Kier molecular flexibility index (Phi) is 4.37. The molecular formula is C11H20N2O. The van der Waals surface area contributed by atoms with E-state index in [1.165, 1.54) is 25.7 Å². The maximum Gasteiger partial charge on any atom is 0.129 e. The molecule has 0 amide bonds. The minimum Gasteiger partial charge on any atom is -0.382 e. The summed E-state index contributed by atoms with van der Waals surface area (Å²) in [4.78, 5) is 2.27. The van der Waals surface area contributed by atoms with Crippen LogP contribution in [0.3, 0.4) is 0 Å². The lowest BCUT2D eigenvalue weighted by molar-refractivity contribution is 0.0596. The highest BCUT2D eigenvalue weighted by Crippen LogP contribution is 2.20. The quantitative estimate of drug-likeness (QED) is 0.690. The summed E-state index contributed by atoms with van der Waals surface area (Å²) in [5.41, 5.74) is -0.431. The van der Waals surface area contributed by atoms with Crippen molar-refractivity contribution in [1.82, 2.24) is 4.90 Å². The Balaban J connectivity index is 2.62. The van der Waals surface area contributed by atoms with Gasteiger partial charge in [0, 0.05) is 7.11 Å². The molecule has 1 saturated heterocycles. The lowest BCUT2D eigenvalue weighted by Gasteiger charge is -2.34. The molecule has 1 atom stereocenters. The molecule has 0 aliphatic carbocycles. The van der Waals surface area contributed by atoms with E-state index >= 15 is 0 Å². The first-order chi connectivity index (χ1) is 6.73. The molecule has 0 radical (unpaired) electrons. The fourth-order valence-corrected chi connectivity index (χ4v) is 2.04. The topological polar surface area (TPSA) is 36.3 Å². The van der Waals surface area contributed by atoms with Crippen LogP contribution in [0.15, 0.2) is 0 Å². The predicted octanol–water partition coefficient (Wildman–Crippen LogP) is 1.79. The number of nitrogens with zero attached hydrogens (tertiary/aromatic N) is 2. The maximum absolute atomic E-state index is 9.19. The van der Waals surface area contributed by atoms with Crippen LogP contribution in [0.4, 0.5) is 0 Å². The van der Waals surface area contributed by atoms with E-state index in [9.17, 15) is 5.26 Å². The van der Waals surface area contributed by atoms with Crippen molar-refractivity contribution in [3.63, 3.8) is 0 Å². The van der Waals surface area contributed by atoms with Gasteiger partial charge in [-0.1, -0.05) is 12.8 Å². The molecule has 3 nitrogen and oxygen atoms in total. The van der Waals surface area contributed by atoms with E-state index in [0.29, 0.717) is 6.61 Å². The summed E-state index contributed by atoms with van der Waals surface area (Å²) in [6.45, 7) is 4.55. The molecule has 0 bridgehead atoms. The third kappa shape index (κ3) is 2.70. The molecule has 1 unspecified atom stereocenters. The maximum atomic E-state index is 9.19. The van der Waals surface area contributed by atoms with Crippen LogP contribution in [0.2, 0.25) is 0 Å². The van der Waals surface area contributed by atoms with E-state index in [0.717, 1.165) is 13.1 Å². The fraction of sp³-hybridized carbons (Fsp3) is 0.909. The summed E-state index contributed by atoms with van der Waals surface area (Å²) in [6, 6.07) is 2.38. The van der Waals surface area contributed by atoms with Crippen LogP contribution < -0.4 is 0 Å². The number of likely N-dealkylation sites (tertiary alicyclic amines) is 1. The minimum atomic E-state index is -0.431. The molecule has 80 valence electrons. The number of hydrogen-bond donors (Lipinski definition) is 0. The van der Waals surface area contributed by atoms with Gasteiger partial charge in [0.1, 0.15) is 5.54 Å². The number of hydrogen-bond acceptors (Lipinski definition) is 3. The van der Waals surface area contributed by atoms with Crippen LogP contribution in [0.5, 0.6) is 0 Å². The standard InChI is InChI=1S/C11H20N2O/c1-11(9-12,10-14-2)13-7-5-3-4-6-8-13/h3-8,10H2,1-2H3. The summed E-state index contributed by atoms with van der Waals surface area (Å²) in [5, 5.41) is 9.19. The molecular weight excluding hydrogens is 176 g/mol. The second-order valence-electron chi connectivity index (χ2n) is 4.22. The zero-order valence-electron chi connectivity index (χ0n) is 9.25. The highest BCUT2D eigenvalue weighted by Gasteiger charge is 2.31. The van der Waals surface area contributed by atoms with Crippen LogP contribution in [0, 0.1) is 11.3 Å². The Morgan fingerprint density at radius 3 is 2.29 bits per heavy atom. The van der Waals surface area contributed by atoms with Gasteiger partial charge in [-0.25, -0.2) is 0 Å². The molecule has 0 aromatic rings. The summed E-state index contributed by atoms with van der Waals surface area (Å²) in [5.74, 6) is 0. The molecule has 14 heavy (non-hydrogen) atoms. The van der Waals surface area contributed by atoms with Gasteiger partial charge in [-0.2, -0.15) is 5.26 Å². The largest absolute Gasteiger partial charge is 0.382 e. The van der Waals surface area contributed by atoms with Gasteiger partial charge >= 0.3 is 0 Å². The molecule has 0 aromatic carbocycles. The number of ether oxygens (including phenoxy) is 1. The van der Waals surface area contributed by atoms with Crippen LogP contribution in [-0.4, -0.2) is 37.2 Å². The molecule has 1 heterocycles. The zero-order chi connectivity index (χ0) is 10.4. The van der Waals surface area contributed by atoms with E-state index in [1.807, 2.05) is 6.92 Å². The first-order valence-corrected chi connectivity index (χ1v) is 5.38. The third-order valence-corrected chi connectivity index (χ3v) is 2.97. The van der Waals surface area contributed by atoms with Crippen LogP contribution >= 0.6 is 0 Å². The molecule has 0 spiro atoms. The highest BCUT2D eigenvalue weighted by molar-refractivity contribution is 5.05. The van der Waals surface area contributed by atoms with Gasteiger partial charge in [0.2, 0.25) is 0 Å². The van der Waals surface area contributed by atoms with Crippen molar-refractivity contribution in [2.75, 3.05) is 26.8 Å². The first kappa shape index (κ1) is 11.5. The molecule has 0 N–H and O–H groups in total. The molecule has 0 saturated carbocycles. The number of rotatable bonds is 3. The summed E-state index contributed by atoms with van der Waals surface area (Å²) in [6.07, 6.45) is 5.01. The predicted molar refractivity (Wildman–Crippen MR) is 55.9 cm³/mol. The zero-order valence-corrected chi connectivity index (χ0v) is 9.25. The third-order valence-electron chi connectivity index (χ3n) is 2.97. The lowest BCUT2D eigenvalue weighted by Crippen LogP contribution is -2.49. The van der Waals surface area contributed by atoms with Gasteiger partial charge in [0.25, 0.3) is 0 Å². The summed E-state index contributed by atoms with van der Waals surface area (Å²) >= 11 is 0. The Morgan fingerprint density at radius 1 is 1.29 bits per heavy atom. The van der Waals surface area contributed by atoms with Crippen molar-refractivity contribution < 1.29 is 4.74 Å². The van der Waals surface area contributed by atoms with Crippen molar-refractivity contribution in [1.29, 1.82) is 5.26 Å². The monoisotopic (exact) mass is 196 g/mol. The van der Waals surface area contributed by atoms with Gasteiger partial charge in [-0.3, -0.25) is 4.90 Å². The van der Waals surface area contributed by atoms with Gasteiger partial charge in [0.05, 0.1) is 12.7 Å². The van der Waals surface area contributed by atoms with Gasteiger partial charge in [-0.05, 0) is 32.9 Å². The van der Waals surface area contributed by atoms with Crippen LogP contribution in [-0.2, 0) is 4.74 Å². The number of nitriles is 1. The van der Waals surface area contributed by atoms with Gasteiger partial charge in [0.15, 0.2) is 0 Å². The average molecular weight is 196 g/mol. The Morgan fingerprint density at radius 2 is 1.86 bits per heavy atom. The van der Waals surface area contributed by atoms with E-state index < -0.39 is 5.54 Å². The molecule has 0 aromatic heterocycles. The molecule has 1 aliphatic heterocycles. The van der Waals surface area contributed by atoms with E-state index in [1.54, 1.807) is 7.11 Å². The van der Waals surface area contributed by atoms with Crippen molar-refractivity contribution in [2.45, 2.75) is 38.1 Å². The molecule has 3 heteroatoms. The van der Waals surface area contributed by atoms with E-state index in [-0.39, 0.29) is 0 Å². The minimum absolute atomic E-state index is 0.431. The van der Waals surface area contributed by atoms with Crippen molar-refractivity contribution >= 4 is 0 Å². The molecule has 1 aliphatic rings. The van der Waals surface area contributed by atoms with Crippen LogP contribution in [0.1, 0.15) is 32.6 Å². The lowest BCUT2D eigenvalue weighted by atomic mass is 10.0. The summed E-state index contributed by atoms with van der Waals surface area (Å²) in [7, 11) is 1.66. The van der Waals surface area contributed by atoms with Crippen molar-refractivity contribution in [2.24, 2.45) is 0 Å². The number of methoxy groups -OCH3 is 1. The SMILES string of the molecule is COCC(C)(C#N)N1CCCCCC1. The molecule has 1 fully saturated rings. The van der Waals surface area contributed by atoms with Gasteiger partial charge in [-0.15, -0.1) is 0 Å². The Labute approximate surface area is 86.6 Å². The fourth-order valence-electron chi connectivity index (χ4n) is 2.04. The van der Waals surface area contributed by atoms with E-state index in [2.05, 4.69) is 11.0 Å². The molecule has 1 rings (SSSR count). The van der Waals surface area contributed by atoms with Gasteiger partial charge < -0.3 is 4.74 Å². The second-order valence-corrected chi connectivity index (χ2v) is 4.22. The van der Waals surface area contributed by atoms with Crippen molar-refractivity contribution in [3.05, 3.63) is 0 Å². The smallest absolute Gasteiger partial charge is 0.129 e. The first-order valence-electron chi connectivity index (χ1n) is 5.38. The van der Waals surface area contributed by atoms with E-state index in [4.69, 9.17) is 4.74 Å².